The van der Waals surface area contributed by atoms with E-state index in [0.717, 1.165) is 48.6 Å². The van der Waals surface area contributed by atoms with Crippen LogP contribution in [-0.4, -0.2) is 53.0 Å². The van der Waals surface area contributed by atoms with Gasteiger partial charge in [0.2, 0.25) is 0 Å². The zero-order valence-corrected chi connectivity index (χ0v) is 18.0. The number of nitrogens with zero attached hydrogens (tertiary/aromatic N) is 7. The topological polar surface area (TPSA) is 116 Å². The third kappa shape index (κ3) is 2.51. The number of carbonyl (C=O) groups excluding carboxylic acids is 1. The van der Waals surface area contributed by atoms with E-state index in [-0.39, 0.29) is 0 Å². The monoisotopic (exact) mass is 424 g/mol. The van der Waals surface area contributed by atoms with Gasteiger partial charge in [0.15, 0.2) is 0 Å². The maximum atomic E-state index is 11.9. The summed E-state index contributed by atoms with van der Waals surface area (Å²) in [5.41, 5.74) is 5.69. The number of aromatic nitrogens is 8. The molecule has 154 valence electrons. The van der Waals surface area contributed by atoms with Crippen LogP contribution >= 0.6 is 10.9 Å². The normalized spacial score (nSPS) is 16.7. The van der Waals surface area contributed by atoms with Gasteiger partial charge in [0.05, 0.1) is 41.0 Å². The molecule has 11 heteroatoms. The zero-order chi connectivity index (χ0) is 21.2. The Balaban J connectivity index is 1.78. The number of thiol groups is 1. The lowest BCUT2D eigenvalue weighted by atomic mass is 10.2. The van der Waals surface area contributed by atoms with Crippen LogP contribution in [0.25, 0.3) is 22.0 Å². The number of hydrogen-bond acceptors (Lipinski definition) is 7. The van der Waals surface area contributed by atoms with Gasteiger partial charge in [-0.2, -0.15) is 0 Å². The number of esters is 1. The molecule has 4 aromatic rings. The molecule has 1 aliphatic rings. The minimum atomic E-state index is -1.01. The van der Waals surface area contributed by atoms with Crippen LogP contribution in [0, 0.1) is 13.8 Å². The average molecular weight is 424 g/mol. The first-order chi connectivity index (χ1) is 14.4. The van der Waals surface area contributed by atoms with Crippen molar-refractivity contribution in [1.29, 1.82) is 0 Å². The van der Waals surface area contributed by atoms with Gasteiger partial charge in [0.25, 0.3) is 0 Å². The Morgan fingerprint density at radius 3 is 2.50 bits per heavy atom. The summed E-state index contributed by atoms with van der Waals surface area (Å²) in [6.45, 7) is 3.92. The average Bonchev–Trinajstić information content (AvgIpc) is 3.44. The third-order valence-electron chi connectivity index (χ3n) is 5.21. The summed E-state index contributed by atoms with van der Waals surface area (Å²) in [5, 5.41) is 18.0. The largest absolute Gasteiger partial charge is 0.465 e. The maximum Gasteiger partial charge on any atom is 0.339 e. The molecule has 1 atom stereocenters. The van der Waals surface area contributed by atoms with E-state index >= 15 is 0 Å². The van der Waals surface area contributed by atoms with Gasteiger partial charge in [-0.1, -0.05) is 10.4 Å². The molecule has 0 amide bonds. The highest BCUT2D eigenvalue weighted by Crippen LogP contribution is 2.63. The lowest BCUT2D eigenvalue weighted by molar-refractivity contribution is 0.0600. The molecule has 1 unspecified atom stereocenters. The van der Waals surface area contributed by atoms with Crippen LogP contribution in [0.15, 0.2) is 22.2 Å². The number of hydrogen-bond donors (Lipinski definition) is 2. The summed E-state index contributed by atoms with van der Waals surface area (Å²) >= 11 is 0. The second kappa shape index (κ2) is 6.52. The first-order valence-corrected chi connectivity index (χ1v) is 10.6. The quantitative estimate of drug-likeness (QED) is 0.382. The maximum absolute atomic E-state index is 11.9. The number of fused-ring (bicyclic) bond motifs is 3. The number of pyridine rings is 1. The van der Waals surface area contributed by atoms with E-state index in [9.17, 15) is 4.79 Å². The number of methoxy groups -OCH3 is 1. The van der Waals surface area contributed by atoms with Gasteiger partial charge >= 0.3 is 5.97 Å². The van der Waals surface area contributed by atoms with E-state index in [1.165, 1.54) is 7.11 Å². The molecule has 5 rings (SSSR count). The molecule has 4 aromatic heterocycles. The summed E-state index contributed by atoms with van der Waals surface area (Å²) in [6.07, 6.45) is 3.68. The van der Waals surface area contributed by atoms with Crippen LogP contribution in [0.3, 0.4) is 0 Å². The van der Waals surface area contributed by atoms with Crippen molar-refractivity contribution in [3.05, 3.63) is 40.6 Å². The van der Waals surface area contributed by atoms with Crippen molar-refractivity contribution >= 4 is 38.9 Å². The Labute approximate surface area is 174 Å². The molecule has 0 saturated carbocycles. The van der Waals surface area contributed by atoms with Crippen LogP contribution in [0.4, 0.5) is 0 Å². The summed E-state index contributed by atoms with van der Waals surface area (Å²) in [6, 6.07) is 1.78. The molecule has 5 heterocycles. The molecule has 30 heavy (non-hydrogen) atoms. The Morgan fingerprint density at radius 1 is 1.13 bits per heavy atom. The highest BCUT2D eigenvalue weighted by atomic mass is 32.2. The van der Waals surface area contributed by atoms with E-state index in [2.05, 4.69) is 36.7 Å². The number of carbonyl (C=O) groups is 1. The van der Waals surface area contributed by atoms with Gasteiger partial charge in [-0.25, -0.2) is 14.2 Å². The van der Waals surface area contributed by atoms with Crippen molar-refractivity contribution < 1.29 is 9.53 Å². The molecular formula is C19H20N8O2S. The van der Waals surface area contributed by atoms with Gasteiger partial charge in [-0.05, 0) is 26.0 Å². The first-order valence-electron chi connectivity index (χ1n) is 9.25. The lowest BCUT2D eigenvalue weighted by Gasteiger charge is -2.21. The number of aryl methyl sites for hydroxylation is 4. The molecule has 1 N–H and O–H groups in total. The molecule has 0 radical (unpaired) electrons. The van der Waals surface area contributed by atoms with Crippen molar-refractivity contribution in [3.63, 3.8) is 0 Å². The third-order valence-corrected chi connectivity index (χ3v) is 7.97. The van der Waals surface area contributed by atoms with Gasteiger partial charge in [0, 0.05) is 30.1 Å². The number of aromatic amines is 1. The Morgan fingerprint density at radius 2 is 1.87 bits per heavy atom. The van der Waals surface area contributed by atoms with Crippen molar-refractivity contribution in [2.45, 2.75) is 23.8 Å². The van der Waals surface area contributed by atoms with Gasteiger partial charge < -0.3 is 9.72 Å². The molecule has 0 aliphatic carbocycles. The fourth-order valence-corrected chi connectivity index (χ4v) is 6.84. The van der Waals surface area contributed by atoms with Gasteiger partial charge in [-0.15, -0.1) is 21.1 Å². The number of nitrogens with one attached hydrogen (secondary N) is 1. The first kappa shape index (κ1) is 18.6. The highest BCUT2D eigenvalue weighted by Gasteiger charge is 2.35. The molecule has 0 saturated heterocycles. The van der Waals surface area contributed by atoms with E-state index in [1.807, 2.05) is 32.6 Å². The van der Waals surface area contributed by atoms with E-state index in [0.29, 0.717) is 5.56 Å². The van der Waals surface area contributed by atoms with Crippen molar-refractivity contribution in [2.75, 3.05) is 7.11 Å². The summed E-state index contributed by atoms with van der Waals surface area (Å²) in [5.74, 6) is -0.416. The lowest BCUT2D eigenvalue weighted by Crippen LogP contribution is -2.03. The van der Waals surface area contributed by atoms with Crippen LogP contribution in [-0.2, 0) is 18.8 Å². The fourth-order valence-electron chi connectivity index (χ4n) is 3.93. The smallest absolute Gasteiger partial charge is 0.339 e. The zero-order valence-electron chi connectivity index (χ0n) is 17.1. The predicted octanol–water partition coefficient (Wildman–Crippen LogP) is 2.15. The minimum Gasteiger partial charge on any atom is -0.465 e. The number of H-pyrrole nitrogens is 1. The molecule has 0 aromatic carbocycles. The van der Waals surface area contributed by atoms with Crippen LogP contribution in [0.5, 0.6) is 0 Å². The number of rotatable bonds is 3. The SMILES string of the molecule is COC(=O)c1cnc2c3c([nH]c2c1)C=C(c1c(C)nnn1C)[SH]3c1c(C)nnn1C. The van der Waals surface area contributed by atoms with Gasteiger partial charge in [-0.3, -0.25) is 4.98 Å². The van der Waals surface area contributed by atoms with Crippen molar-refractivity contribution in [1.82, 2.24) is 40.0 Å². The Hall–Kier alpha value is -3.47. The highest BCUT2D eigenvalue weighted by molar-refractivity contribution is 8.25. The van der Waals surface area contributed by atoms with E-state index in [1.54, 1.807) is 16.9 Å². The molecule has 0 bridgehead atoms. The van der Waals surface area contributed by atoms with E-state index < -0.39 is 16.9 Å². The van der Waals surface area contributed by atoms with Gasteiger partial charge in [0.1, 0.15) is 10.5 Å². The summed E-state index contributed by atoms with van der Waals surface area (Å²) in [7, 11) is 4.14. The minimum absolute atomic E-state index is 0.406. The number of ether oxygens (including phenoxy) is 1. The summed E-state index contributed by atoms with van der Waals surface area (Å²) < 4.78 is 8.45. The standard InChI is InChI=1S/C19H20N8O2S/c1-9-16(26(3)24-22-9)14-7-13-17(30(14)18-10(2)23-25-27(18)4)15-12(21-13)6-11(8-20-15)19(28)29-5/h6-8,21,30H,1-5H3. The molecule has 0 fully saturated rings. The van der Waals surface area contributed by atoms with Crippen molar-refractivity contribution in [2.24, 2.45) is 14.1 Å². The summed E-state index contributed by atoms with van der Waals surface area (Å²) in [4.78, 5) is 22.2. The second-order valence-electron chi connectivity index (χ2n) is 7.13. The molecule has 0 spiro atoms. The Kier molecular flexibility index (Phi) is 4.03. The van der Waals surface area contributed by atoms with E-state index in [4.69, 9.17) is 4.74 Å². The van der Waals surface area contributed by atoms with Crippen LogP contribution in [0.1, 0.15) is 33.1 Å². The molecule has 10 nitrogen and oxygen atoms in total. The second-order valence-corrected chi connectivity index (χ2v) is 9.16. The molecule has 1 aliphatic heterocycles. The molecular weight excluding hydrogens is 404 g/mol. The van der Waals surface area contributed by atoms with Crippen molar-refractivity contribution in [3.8, 4) is 0 Å². The fraction of sp³-hybridized carbons (Fsp3) is 0.263. The Bertz CT molecular complexity index is 1320. The van der Waals surface area contributed by atoms with Crippen LogP contribution < -0.4 is 0 Å². The predicted molar refractivity (Wildman–Crippen MR) is 112 cm³/mol. The van der Waals surface area contributed by atoms with Crippen LogP contribution in [0.2, 0.25) is 0 Å².